The number of nitrogens with one attached hydrogen (secondary N) is 2. The van der Waals surface area contributed by atoms with Gasteiger partial charge in [-0.3, -0.25) is 0 Å². The van der Waals surface area contributed by atoms with Crippen LogP contribution < -0.4 is 15.4 Å². The molecule has 0 radical (unpaired) electrons. The predicted octanol–water partition coefficient (Wildman–Crippen LogP) is 5.18. The second-order valence-electron chi connectivity index (χ2n) is 11.8. The fourth-order valence-corrected chi connectivity index (χ4v) is 6.67. The number of hydrogen-bond donors (Lipinski definition) is 4. The third kappa shape index (κ3) is 8.01. The SMILES string of the molecule is CNC[C@@H](NC(=O)N1CCC[C@@H]([C@@](O)(CCCCOC)c2cccc(F)c2Oc2ccccc2)C1)[C@@H](O)C1CCCC1. The summed E-state index contributed by atoms with van der Waals surface area (Å²) in [6, 6.07) is 13.0. The molecule has 0 aromatic heterocycles. The van der Waals surface area contributed by atoms with Crippen LogP contribution in [0, 0.1) is 17.7 Å². The maximum atomic E-state index is 15.3. The molecular weight excluding hydrogens is 537 g/mol. The molecule has 9 heteroatoms. The Morgan fingerprint density at radius 1 is 1.10 bits per heavy atom. The van der Waals surface area contributed by atoms with Gasteiger partial charge in [-0.25, -0.2) is 9.18 Å². The van der Waals surface area contributed by atoms with Crippen LogP contribution in [0.25, 0.3) is 0 Å². The van der Waals surface area contributed by atoms with Gasteiger partial charge in [-0.15, -0.1) is 0 Å². The molecule has 1 aliphatic heterocycles. The van der Waals surface area contributed by atoms with Gasteiger partial charge >= 0.3 is 6.03 Å². The highest BCUT2D eigenvalue weighted by Crippen LogP contribution is 2.45. The van der Waals surface area contributed by atoms with E-state index in [4.69, 9.17) is 9.47 Å². The summed E-state index contributed by atoms with van der Waals surface area (Å²) < 4.78 is 26.6. The number of unbranched alkanes of at least 4 members (excludes halogenated alkanes) is 1. The Balaban J connectivity index is 1.57. The van der Waals surface area contributed by atoms with E-state index >= 15 is 4.39 Å². The van der Waals surface area contributed by atoms with Crippen LogP contribution in [0.15, 0.2) is 48.5 Å². The molecule has 42 heavy (non-hydrogen) atoms. The fraction of sp³-hybridized carbons (Fsp3) is 0.606. The van der Waals surface area contributed by atoms with Crippen molar-refractivity contribution in [1.82, 2.24) is 15.5 Å². The van der Waals surface area contributed by atoms with Gasteiger partial charge in [0.15, 0.2) is 11.6 Å². The first-order chi connectivity index (χ1) is 20.4. The Labute approximate surface area is 249 Å². The van der Waals surface area contributed by atoms with Crippen LogP contribution in [0.3, 0.4) is 0 Å². The van der Waals surface area contributed by atoms with E-state index in [0.717, 1.165) is 32.1 Å². The van der Waals surface area contributed by atoms with E-state index < -0.39 is 23.6 Å². The number of aliphatic hydroxyl groups excluding tert-OH is 1. The first kappa shape index (κ1) is 32.2. The zero-order valence-electron chi connectivity index (χ0n) is 25.1. The van der Waals surface area contributed by atoms with E-state index in [0.29, 0.717) is 63.2 Å². The average Bonchev–Trinajstić information content (AvgIpc) is 3.55. The summed E-state index contributed by atoms with van der Waals surface area (Å²) in [5.74, 6) is -0.222. The minimum Gasteiger partial charge on any atom is -0.454 e. The van der Waals surface area contributed by atoms with E-state index in [-0.39, 0.29) is 23.6 Å². The molecule has 8 nitrogen and oxygen atoms in total. The Morgan fingerprint density at radius 2 is 1.86 bits per heavy atom. The fourth-order valence-electron chi connectivity index (χ4n) is 6.67. The maximum absolute atomic E-state index is 15.3. The van der Waals surface area contributed by atoms with E-state index in [1.807, 2.05) is 25.2 Å². The van der Waals surface area contributed by atoms with Crippen molar-refractivity contribution in [2.24, 2.45) is 11.8 Å². The number of carbonyl (C=O) groups is 1. The lowest BCUT2D eigenvalue weighted by Gasteiger charge is -2.43. The summed E-state index contributed by atoms with van der Waals surface area (Å²) >= 11 is 0. The lowest BCUT2D eigenvalue weighted by atomic mass is 9.73. The minimum absolute atomic E-state index is 0.00767. The number of rotatable bonds is 14. The zero-order valence-corrected chi connectivity index (χ0v) is 25.1. The largest absolute Gasteiger partial charge is 0.454 e. The highest BCUT2D eigenvalue weighted by Gasteiger charge is 2.44. The topological polar surface area (TPSA) is 103 Å². The van der Waals surface area contributed by atoms with Crippen molar-refractivity contribution in [2.45, 2.75) is 75.5 Å². The normalized spacial score (nSPS) is 20.6. The van der Waals surface area contributed by atoms with E-state index in [1.165, 1.54) is 6.07 Å². The smallest absolute Gasteiger partial charge is 0.317 e. The number of piperidine rings is 1. The molecule has 1 heterocycles. The average molecular weight is 586 g/mol. The zero-order chi connectivity index (χ0) is 30.0. The summed E-state index contributed by atoms with van der Waals surface area (Å²) in [5, 5.41) is 29.7. The number of ether oxygens (including phenoxy) is 2. The van der Waals surface area contributed by atoms with Crippen molar-refractivity contribution in [3.8, 4) is 11.5 Å². The predicted molar refractivity (Wildman–Crippen MR) is 161 cm³/mol. The van der Waals surface area contributed by atoms with Crippen LogP contribution in [-0.2, 0) is 10.3 Å². The van der Waals surface area contributed by atoms with Gasteiger partial charge < -0.3 is 35.2 Å². The van der Waals surface area contributed by atoms with E-state index in [9.17, 15) is 15.0 Å². The Morgan fingerprint density at radius 3 is 2.57 bits per heavy atom. The molecule has 2 aliphatic rings. The quantitative estimate of drug-likeness (QED) is 0.228. The summed E-state index contributed by atoms with van der Waals surface area (Å²) in [6.07, 6.45) is 6.68. The number of hydrogen-bond acceptors (Lipinski definition) is 6. The number of benzene rings is 2. The van der Waals surface area contributed by atoms with Gasteiger partial charge in [0.05, 0.1) is 17.7 Å². The summed E-state index contributed by atoms with van der Waals surface area (Å²) in [5.41, 5.74) is -1.05. The molecule has 2 fully saturated rings. The van der Waals surface area contributed by atoms with Crippen LogP contribution >= 0.6 is 0 Å². The number of aliphatic hydroxyl groups is 2. The number of carbonyl (C=O) groups excluding carboxylic acids is 1. The molecule has 0 bridgehead atoms. The molecule has 1 saturated heterocycles. The maximum Gasteiger partial charge on any atom is 0.317 e. The summed E-state index contributed by atoms with van der Waals surface area (Å²) in [4.78, 5) is 15.3. The summed E-state index contributed by atoms with van der Waals surface area (Å²) in [7, 11) is 3.46. The monoisotopic (exact) mass is 585 g/mol. The van der Waals surface area contributed by atoms with Crippen molar-refractivity contribution in [3.63, 3.8) is 0 Å². The summed E-state index contributed by atoms with van der Waals surface area (Å²) in [6.45, 7) is 1.87. The first-order valence-corrected chi connectivity index (χ1v) is 15.5. The van der Waals surface area contributed by atoms with Gasteiger partial charge in [0.1, 0.15) is 5.75 Å². The van der Waals surface area contributed by atoms with E-state index in [1.54, 1.807) is 36.3 Å². The number of para-hydroxylation sites is 2. The van der Waals surface area contributed by atoms with E-state index in [2.05, 4.69) is 10.6 Å². The van der Waals surface area contributed by atoms with Gasteiger partial charge in [-0.05, 0) is 76.1 Å². The van der Waals surface area contributed by atoms with Crippen molar-refractivity contribution >= 4 is 6.03 Å². The van der Waals surface area contributed by atoms with Crippen molar-refractivity contribution in [1.29, 1.82) is 0 Å². The highest BCUT2D eigenvalue weighted by molar-refractivity contribution is 5.74. The second-order valence-corrected chi connectivity index (χ2v) is 11.8. The molecule has 2 aromatic rings. The third-order valence-electron chi connectivity index (χ3n) is 8.96. The Hall–Kier alpha value is -2.72. The lowest BCUT2D eigenvalue weighted by Crippen LogP contribution is -2.57. The standard InChI is InChI=1S/C33H48FN3O5/c1-35-22-29(30(38)24-12-6-7-13-24)36-32(39)37-20-11-14-25(23-37)33(40,19-8-9-21-41-2)27-17-10-18-28(34)31(27)42-26-15-4-3-5-16-26/h3-5,10,15-18,24-25,29-30,35,38,40H,6-9,11-14,19-23H2,1-2H3,(H,36,39)/t25-,29-,30+,33+/m1/s1. The van der Waals surface area contributed by atoms with Gasteiger partial charge in [-0.1, -0.05) is 43.2 Å². The second kappa shape index (κ2) is 15.7. The van der Waals surface area contributed by atoms with Crippen LogP contribution in [0.1, 0.15) is 63.4 Å². The number of methoxy groups -OCH3 is 1. The Kier molecular flexibility index (Phi) is 12.0. The molecule has 2 amide bonds. The molecule has 4 rings (SSSR count). The van der Waals surface area contributed by atoms with Gasteiger partial charge in [0.2, 0.25) is 0 Å². The van der Waals surface area contributed by atoms with Crippen LogP contribution in [0.4, 0.5) is 9.18 Å². The van der Waals surface area contributed by atoms with Gasteiger partial charge in [0, 0.05) is 44.8 Å². The minimum atomic E-state index is -1.44. The van der Waals surface area contributed by atoms with Crippen molar-refractivity contribution < 1.29 is 28.9 Å². The molecule has 232 valence electrons. The number of likely N-dealkylation sites (N-methyl/N-ethyl adjacent to an activating group) is 1. The number of halogens is 1. The van der Waals surface area contributed by atoms with Crippen molar-refractivity contribution in [2.75, 3.05) is 40.4 Å². The number of amides is 2. The first-order valence-electron chi connectivity index (χ1n) is 15.5. The van der Waals surface area contributed by atoms with Crippen molar-refractivity contribution in [3.05, 3.63) is 59.9 Å². The highest BCUT2D eigenvalue weighted by atomic mass is 19.1. The Bertz CT molecular complexity index is 1120. The molecule has 1 saturated carbocycles. The number of urea groups is 1. The third-order valence-corrected chi connectivity index (χ3v) is 8.96. The van der Waals surface area contributed by atoms with Crippen LogP contribution in [0.5, 0.6) is 11.5 Å². The number of likely N-dealkylation sites (tertiary alicyclic amines) is 1. The molecular formula is C33H48FN3O5. The van der Waals surface area contributed by atoms with Crippen LogP contribution in [-0.4, -0.2) is 73.7 Å². The molecule has 4 atom stereocenters. The van der Waals surface area contributed by atoms with Gasteiger partial charge in [-0.2, -0.15) is 0 Å². The molecule has 2 aromatic carbocycles. The van der Waals surface area contributed by atoms with Crippen LogP contribution in [0.2, 0.25) is 0 Å². The lowest BCUT2D eigenvalue weighted by molar-refractivity contribution is -0.0580. The number of nitrogens with zero attached hydrogens (tertiary/aromatic N) is 1. The molecule has 1 aliphatic carbocycles. The molecule has 0 unspecified atom stereocenters. The molecule has 0 spiro atoms. The van der Waals surface area contributed by atoms with Gasteiger partial charge in [0.25, 0.3) is 0 Å². The molecule has 4 N–H and O–H groups in total.